The molecule has 0 aliphatic carbocycles. The van der Waals surface area contributed by atoms with Crippen LogP contribution in [0.1, 0.15) is 35.3 Å². The molecule has 0 saturated heterocycles. The van der Waals surface area contributed by atoms with Crippen molar-refractivity contribution in [1.82, 2.24) is 0 Å². The number of ether oxygens (including phenoxy) is 1. The van der Waals surface area contributed by atoms with Gasteiger partial charge in [-0.2, -0.15) is 0 Å². The third-order valence-electron chi connectivity index (χ3n) is 4.33. The van der Waals surface area contributed by atoms with Crippen molar-refractivity contribution in [2.45, 2.75) is 39.3 Å². The highest BCUT2D eigenvalue weighted by atomic mass is 16.5. The first kappa shape index (κ1) is 16.2. The highest BCUT2D eigenvalue weighted by Crippen LogP contribution is 2.32. The van der Waals surface area contributed by atoms with Crippen LogP contribution in [0.25, 0.3) is 0 Å². The van der Waals surface area contributed by atoms with Crippen molar-refractivity contribution in [1.29, 1.82) is 0 Å². The van der Waals surface area contributed by atoms with Gasteiger partial charge in [0.1, 0.15) is 0 Å². The van der Waals surface area contributed by atoms with E-state index in [9.17, 15) is 9.59 Å². The van der Waals surface area contributed by atoms with Crippen molar-refractivity contribution in [3.05, 3.63) is 65.2 Å². The zero-order valence-corrected chi connectivity index (χ0v) is 14.2. The minimum Gasteiger partial charge on any atom is -0.449 e. The topological polar surface area (TPSA) is 46.6 Å². The lowest BCUT2D eigenvalue weighted by Crippen LogP contribution is -2.43. The average molecular weight is 323 g/mol. The number of amides is 1. The molecule has 2 aromatic rings. The molecule has 1 aliphatic heterocycles. The van der Waals surface area contributed by atoms with Crippen LogP contribution in [-0.4, -0.2) is 24.0 Å². The number of carbonyl (C=O) groups is 2. The standard InChI is InChI=1S/C20H21NO3/c1-13-7-6-9-17(11-13)20(23)24-15(3)19(22)21-14(2)12-16-8-4-5-10-18(16)21/h4-11,14-15H,12H2,1-3H3/t14-,15-/m0/s1. The monoisotopic (exact) mass is 323 g/mol. The van der Waals surface area contributed by atoms with Gasteiger partial charge in [-0.25, -0.2) is 4.79 Å². The highest BCUT2D eigenvalue weighted by Gasteiger charge is 2.34. The van der Waals surface area contributed by atoms with Gasteiger partial charge in [-0.1, -0.05) is 35.9 Å². The van der Waals surface area contributed by atoms with Crippen molar-refractivity contribution < 1.29 is 14.3 Å². The SMILES string of the molecule is Cc1cccc(C(=O)O[C@@H](C)C(=O)N2c3ccccc3C[C@@H]2C)c1. The van der Waals surface area contributed by atoms with Gasteiger partial charge < -0.3 is 9.64 Å². The molecule has 3 rings (SSSR count). The van der Waals surface area contributed by atoms with Gasteiger partial charge in [0.2, 0.25) is 0 Å². The van der Waals surface area contributed by atoms with E-state index in [-0.39, 0.29) is 11.9 Å². The van der Waals surface area contributed by atoms with Crippen molar-refractivity contribution in [3.63, 3.8) is 0 Å². The maximum absolute atomic E-state index is 12.8. The van der Waals surface area contributed by atoms with Crippen LogP contribution in [0.15, 0.2) is 48.5 Å². The van der Waals surface area contributed by atoms with Crippen LogP contribution in [0.3, 0.4) is 0 Å². The summed E-state index contributed by atoms with van der Waals surface area (Å²) < 4.78 is 5.40. The molecule has 4 nitrogen and oxygen atoms in total. The lowest BCUT2D eigenvalue weighted by Gasteiger charge is -2.26. The number of hydrogen-bond donors (Lipinski definition) is 0. The molecule has 0 aromatic heterocycles. The Bertz CT molecular complexity index is 784. The van der Waals surface area contributed by atoms with Gasteiger partial charge in [-0.05, 0) is 51.0 Å². The zero-order valence-electron chi connectivity index (χ0n) is 14.2. The summed E-state index contributed by atoms with van der Waals surface area (Å²) in [6.07, 6.45) is -0.00730. The van der Waals surface area contributed by atoms with E-state index in [1.807, 2.05) is 44.2 Å². The number of fused-ring (bicyclic) bond motifs is 1. The fourth-order valence-corrected chi connectivity index (χ4v) is 3.15. The van der Waals surface area contributed by atoms with Gasteiger partial charge in [-0.3, -0.25) is 4.79 Å². The molecule has 1 aliphatic rings. The third kappa shape index (κ3) is 3.04. The predicted molar refractivity (Wildman–Crippen MR) is 93.2 cm³/mol. The second kappa shape index (κ2) is 6.48. The molecular weight excluding hydrogens is 302 g/mol. The Labute approximate surface area is 142 Å². The van der Waals surface area contributed by atoms with E-state index in [4.69, 9.17) is 4.74 Å². The number of benzene rings is 2. The molecule has 124 valence electrons. The molecule has 1 heterocycles. The number of aryl methyl sites for hydroxylation is 1. The van der Waals surface area contributed by atoms with Gasteiger partial charge in [-0.15, -0.1) is 0 Å². The molecule has 4 heteroatoms. The fourth-order valence-electron chi connectivity index (χ4n) is 3.15. The molecule has 1 amide bonds. The summed E-state index contributed by atoms with van der Waals surface area (Å²) >= 11 is 0. The zero-order chi connectivity index (χ0) is 17.3. The minimum absolute atomic E-state index is 0.0648. The first-order valence-electron chi connectivity index (χ1n) is 8.16. The highest BCUT2D eigenvalue weighted by molar-refractivity contribution is 6.00. The van der Waals surface area contributed by atoms with E-state index in [0.29, 0.717) is 5.56 Å². The minimum atomic E-state index is -0.827. The molecular formula is C20H21NO3. The molecule has 2 atom stereocenters. The first-order chi connectivity index (χ1) is 11.5. The van der Waals surface area contributed by atoms with Crippen LogP contribution in [0.2, 0.25) is 0 Å². The number of para-hydroxylation sites is 1. The molecule has 0 fully saturated rings. The second-order valence-electron chi connectivity index (χ2n) is 6.31. The molecule has 0 saturated carbocycles. The van der Waals surface area contributed by atoms with E-state index in [1.54, 1.807) is 30.0 Å². The Balaban J connectivity index is 1.75. The normalized spacial score (nSPS) is 17.3. The van der Waals surface area contributed by atoms with Crippen LogP contribution in [0, 0.1) is 6.92 Å². The summed E-state index contributed by atoms with van der Waals surface area (Å²) in [7, 11) is 0. The molecule has 0 spiro atoms. The van der Waals surface area contributed by atoms with Crippen LogP contribution in [-0.2, 0) is 16.0 Å². The summed E-state index contributed by atoms with van der Waals surface area (Å²) in [6, 6.07) is 15.1. The van der Waals surface area contributed by atoms with E-state index in [2.05, 4.69) is 0 Å². The van der Waals surface area contributed by atoms with Crippen molar-refractivity contribution in [3.8, 4) is 0 Å². The number of carbonyl (C=O) groups excluding carboxylic acids is 2. The van der Waals surface area contributed by atoms with Gasteiger partial charge in [0.05, 0.1) is 5.56 Å². The lowest BCUT2D eigenvalue weighted by molar-refractivity contribution is -0.126. The van der Waals surface area contributed by atoms with Crippen molar-refractivity contribution >= 4 is 17.6 Å². The summed E-state index contributed by atoms with van der Waals surface area (Å²) in [5.41, 5.74) is 3.50. The summed E-state index contributed by atoms with van der Waals surface area (Å²) in [5.74, 6) is -0.659. The first-order valence-corrected chi connectivity index (χ1v) is 8.16. The number of rotatable bonds is 3. The molecule has 0 unspecified atom stereocenters. The van der Waals surface area contributed by atoms with Crippen molar-refractivity contribution in [2.75, 3.05) is 4.90 Å². The second-order valence-corrected chi connectivity index (χ2v) is 6.31. The average Bonchev–Trinajstić information content (AvgIpc) is 2.89. The Hall–Kier alpha value is -2.62. The molecule has 2 aromatic carbocycles. The summed E-state index contributed by atoms with van der Waals surface area (Å²) in [6.45, 7) is 5.55. The number of anilines is 1. The molecule has 24 heavy (non-hydrogen) atoms. The molecule has 0 bridgehead atoms. The van der Waals surface area contributed by atoms with E-state index in [1.165, 1.54) is 0 Å². The fraction of sp³-hybridized carbons (Fsp3) is 0.300. The van der Waals surface area contributed by atoms with Gasteiger partial charge in [0.15, 0.2) is 6.10 Å². The largest absolute Gasteiger partial charge is 0.449 e. The van der Waals surface area contributed by atoms with Crippen LogP contribution < -0.4 is 4.90 Å². The smallest absolute Gasteiger partial charge is 0.338 e. The predicted octanol–water partition coefficient (Wildman–Crippen LogP) is 3.52. The molecule has 0 radical (unpaired) electrons. The Morgan fingerprint density at radius 1 is 1.17 bits per heavy atom. The van der Waals surface area contributed by atoms with Gasteiger partial charge in [0.25, 0.3) is 5.91 Å². The number of nitrogens with zero attached hydrogens (tertiary/aromatic N) is 1. The quantitative estimate of drug-likeness (QED) is 0.812. The maximum atomic E-state index is 12.8. The third-order valence-corrected chi connectivity index (χ3v) is 4.33. The summed E-state index contributed by atoms with van der Waals surface area (Å²) in [4.78, 5) is 26.8. The van der Waals surface area contributed by atoms with E-state index >= 15 is 0 Å². The van der Waals surface area contributed by atoms with Crippen LogP contribution >= 0.6 is 0 Å². The van der Waals surface area contributed by atoms with Crippen molar-refractivity contribution in [2.24, 2.45) is 0 Å². The van der Waals surface area contributed by atoms with E-state index in [0.717, 1.165) is 23.2 Å². The Morgan fingerprint density at radius 3 is 2.67 bits per heavy atom. The van der Waals surface area contributed by atoms with E-state index < -0.39 is 12.1 Å². The van der Waals surface area contributed by atoms with Gasteiger partial charge >= 0.3 is 5.97 Å². The number of esters is 1. The number of hydrogen-bond acceptors (Lipinski definition) is 3. The summed E-state index contributed by atoms with van der Waals surface area (Å²) in [5, 5.41) is 0. The Morgan fingerprint density at radius 2 is 1.92 bits per heavy atom. The van der Waals surface area contributed by atoms with Gasteiger partial charge in [0, 0.05) is 11.7 Å². The molecule has 0 N–H and O–H groups in total. The van der Waals surface area contributed by atoms with Crippen LogP contribution in [0.5, 0.6) is 0 Å². The lowest BCUT2D eigenvalue weighted by atomic mass is 10.1. The van der Waals surface area contributed by atoms with Crippen LogP contribution in [0.4, 0.5) is 5.69 Å². The Kier molecular flexibility index (Phi) is 4.38. The maximum Gasteiger partial charge on any atom is 0.338 e.